The lowest BCUT2D eigenvalue weighted by atomic mass is 10.0. The summed E-state index contributed by atoms with van der Waals surface area (Å²) in [5.74, 6) is 3.33. The molecule has 322 valence electrons. The molecule has 0 saturated heterocycles. The summed E-state index contributed by atoms with van der Waals surface area (Å²) < 4.78 is 16.1. The van der Waals surface area contributed by atoms with Crippen LogP contribution in [0.3, 0.4) is 0 Å². The predicted octanol–water partition coefficient (Wildman–Crippen LogP) is 1.40. The van der Waals surface area contributed by atoms with Gasteiger partial charge >= 0.3 is 12.1 Å². The minimum atomic E-state index is -1.02. The fourth-order valence-electron chi connectivity index (χ4n) is 5.14. The number of urea groups is 1. The molecule has 0 aliphatic rings. The van der Waals surface area contributed by atoms with Gasteiger partial charge in [0.05, 0.1) is 19.8 Å². The normalized spacial score (nSPS) is 12.5. The van der Waals surface area contributed by atoms with Gasteiger partial charge in [0.15, 0.2) is 0 Å². The van der Waals surface area contributed by atoms with Crippen molar-refractivity contribution in [3.05, 3.63) is 29.8 Å². The fraction of sp³-hybridized carbons (Fsp3) is 0.658. The average Bonchev–Trinajstić information content (AvgIpc) is 3.17. The third-order valence-electron chi connectivity index (χ3n) is 9.01. The van der Waals surface area contributed by atoms with Crippen LogP contribution in [-0.4, -0.2) is 111 Å². The lowest BCUT2D eigenvalue weighted by Crippen LogP contribution is -2.54. The molecule has 0 aliphatic heterocycles. The Morgan fingerprint density at radius 2 is 1.39 bits per heavy atom. The quantitative estimate of drug-likeness (QED) is 0.0259. The number of likely N-dealkylation sites (N-methyl/N-ethyl adjacent to an activating group) is 1. The summed E-state index contributed by atoms with van der Waals surface area (Å²) in [7, 11) is 1.75. The Bertz CT molecular complexity index is 1410. The maximum absolute atomic E-state index is 13.4. The van der Waals surface area contributed by atoms with Crippen molar-refractivity contribution in [2.75, 3.05) is 51.9 Å². The number of carbonyl (C=O) groups excluding carboxylic acids is 7. The zero-order valence-electron chi connectivity index (χ0n) is 34.3. The van der Waals surface area contributed by atoms with Crippen LogP contribution in [0.2, 0.25) is 0 Å². The minimum absolute atomic E-state index is 0.0319. The number of primary amides is 1. The number of nitrogens with one attached hydrogen (secondary N) is 6. The standard InChI is InChI=1S/C38H65N9O10/c1-25(2)27(5)47(6)33(50)24-56-22-21-55-20-19-42-38(54)57-23-28-14-16-29(17-15-28)43-35(51)30(11-10-18-41-37(39)53)44-36(52)34(26(3)4)45-31(48)12-8-7-9-13-32(49)46-40/h14-17,25-27,30,34H,7-13,18-24,40H2,1-6H3,(H,42,54)(H,43,51)(H,44,52)(H,45,48)(H,46,49)(H3,39,41,53)/t27?,30-,34-/m0/s1. The number of carbonyl (C=O) groups is 7. The summed E-state index contributed by atoms with van der Waals surface area (Å²) in [6.07, 6.45) is 1.95. The van der Waals surface area contributed by atoms with Gasteiger partial charge in [0.1, 0.15) is 25.3 Å². The third kappa shape index (κ3) is 22.4. The van der Waals surface area contributed by atoms with Gasteiger partial charge < -0.3 is 51.4 Å². The molecular formula is C38H65N9O10. The van der Waals surface area contributed by atoms with Crippen molar-refractivity contribution in [3.63, 3.8) is 0 Å². The van der Waals surface area contributed by atoms with Gasteiger partial charge in [-0.1, -0.05) is 46.2 Å². The molecule has 8 amide bonds. The van der Waals surface area contributed by atoms with Gasteiger partial charge in [0.25, 0.3) is 0 Å². The number of amides is 8. The van der Waals surface area contributed by atoms with Gasteiger partial charge in [0, 0.05) is 44.7 Å². The number of nitrogens with zero attached hydrogens (tertiary/aromatic N) is 1. The van der Waals surface area contributed by atoms with Crippen molar-refractivity contribution in [2.45, 2.75) is 104 Å². The zero-order chi connectivity index (χ0) is 42.8. The Morgan fingerprint density at radius 1 is 0.737 bits per heavy atom. The highest BCUT2D eigenvalue weighted by atomic mass is 16.6. The molecule has 0 saturated carbocycles. The molecule has 0 bridgehead atoms. The van der Waals surface area contributed by atoms with E-state index in [0.29, 0.717) is 42.9 Å². The average molecular weight is 808 g/mol. The molecule has 0 aromatic heterocycles. The fourth-order valence-corrected chi connectivity index (χ4v) is 5.14. The maximum Gasteiger partial charge on any atom is 0.407 e. The van der Waals surface area contributed by atoms with Crippen molar-refractivity contribution >= 4 is 47.3 Å². The molecule has 1 rings (SSSR count). The molecule has 19 nitrogen and oxygen atoms in total. The van der Waals surface area contributed by atoms with E-state index in [1.165, 1.54) is 0 Å². The second-order valence-corrected chi connectivity index (χ2v) is 14.3. The number of hydrogen-bond acceptors (Lipinski definition) is 11. The van der Waals surface area contributed by atoms with Crippen LogP contribution in [0.5, 0.6) is 0 Å². The second kappa shape index (κ2) is 28.4. The molecule has 3 atom stereocenters. The van der Waals surface area contributed by atoms with Crippen LogP contribution >= 0.6 is 0 Å². The predicted molar refractivity (Wildman–Crippen MR) is 213 cm³/mol. The summed E-state index contributed by atoms with van der Waals surface area (Å²) in [5.41, 5.74) is 8.28. The van der Waals surface area contributed by atoms with Gasteiger partial charge in [-0.15, -0.1) is 0 Å². The van der Waals surface area contributed by atoms with Gasteiger partial charge in [0.2, 0.25) is 29.5 Å². The van der Waals surface area contributed by atoms with Crippen LogP contribution in [-0.2, 0) is 44.8 Å². The number of nitrogens with two attached hydrogens (primary N) is 2. The van der Waals surface area contributed by atoms with Crippen LogP contribution in [0.4, 0.5) is 15.3 Å². The number of benzene rings is 1. The van der Waals surface area contributed by atoms with Crippen molar-refractivity contribution < 1.29 is 47.8 Å². The summed E-state index contributed by atoms with van der Waals surface area (Å²) in [6, 6.07) is 4.02. The summed E-state index contributed by atoms with van der Waals surface area (Å²) >= 11 is 0. The van der Waals surface area contributed by atoms with Crippen LogP contribution in [0.25, 0.3) is 0 Å². The highest BCUT2D eigenvalue weighted by Gasteiger charge is 2.29. The molecule has 10 N–H and O–H groups in total. The van der Waals surface area contributed by atoms with Crippen LogP contribution in [0.1, 0.15) is 85.1 Å². The van der Waals surface area contributed by atoms with Crippen molar-refractivity contribution in [1.29, 1.82) is 0 Å². The number of rotatable bonds is 28. The topological polar surface area (TPSA) is 275 Å². The molecule has 57 heavy (non-hydrogen) atoms. The van der Waals surface area contributed by atoms with E-state index in [1.54, 1.807) is 50.1 Å². The number of hydrazine groups is 1. The summed E-state index contributed by atoms with van der Waals surface area (Å²) in [4.78, 5) is 87.8. The second-order valence-electron chi connectivity index (χ2n) is 14.3. The first kappa shape index (κ1) is 50.0. The van der Waals surface area contributed by atoms with Crippen LogP contribution < -0.4 is 43.6 Å². The molecule has 19 heteroatoms. The first-order valence-corrected chi connectivity index (χ1v) is 19.4. The molecule has 1 aromatic rings. The Kier molecular flexibility index (Phi) is 24.9. The van der Waals surface area contributed by atoms with Crippen molar-refractivity contribution in [3.8, 4) is 0 Å². The molecular weight excluding hydrogens is 742 g/mol. The monoisotopic (exact) mass is 807 g/mol. The number of unbranched alkanes of at least 4 members (excludes halogenated alkanes) is 2. The zero-order valence-corrected chi connectivity index (χ0v) is 34.3. The van der Waals surface area contributed by atoms with Crippen LogP contribution in [0.15, 0.2) is 24.3 Å². The van der Waals surface area contributed by atoms with Gasteiger partial charge in [-0.25, -0.2) is 15.4 Å². The summed E-state index contributed by atoms with van der Waals surface area (Å²) in [5, 5.41) is 13.3. The highest BCUT2D eigenvalue weighted by molar-refractivity contribution is 5.98. The van der Waals surface area contributed by atoms with Crippen molar-refractivity contribution in [1.82, 2.24) is 31.6 Å². The molecule has 1 unspecified atom stereocenters. The lowest BCUT2D eigenvalue weighted by molar-refractivity contribution is -0.138. The SMILES string of the molecule is CC(C)C(C)N(C)C(=O)COCCOCCNC(=O)OCc1ccc(NC(=O)[C@H](CCCNC(N)=O)NC(=O)[C@@H](NC(=O)CCCCCC(=O)NN)C(C)C)cc1. The Balaban J connectivity index is 2.58. The van der Waals surface area contributed by atoms with E-state index in [1.807, 2.05) is 20.8 Å². The lowest BCUT2D eigenvalue weighted by Gasteiger charge is -2.27. The number of alkyl carbamates (subject to hydrolysis) is 1. The smallest absolute Gasteiger partial charge is 0.407 e. The van der Waals surface area contributed by atoms with E-state index in [0.717, 1.165) is 0 Å². The largest absolute Gasteiger partial charge is 0.445 e. The summed E-state index contributed by atoms with van der Waals surface area (Å²) in [6.45, 7) is 10.7. The number of ether oxygens (including phenoxy) is 3. The Hall–Kier alpha value is -5.01. The van der Waals surface area contributed by atoms with Crippen LogP contribution in [0, 0.1) is 11.8 Å². The number of hydrogen-bond donors (Lipinski definition) is 8. The molecule has 0 spiro atoms. The third-order valence-corrected chi connectivity index (χ3v) is 9.01. The minimum Gasteiger partial charge on any atom is -0.445 e. The molecule has 0 fully saturated rings. The highest BCUT2D eigenvalue weighted by Crippen LogP contribution is 2.13. The van der Waals surface area contributed by atoms with E-state index in [4.69, 9.17) is 25.8 Å². The van der Waals surface area contributed by atoms with E-state index in [2.05, 4.69) is 32.0 Å². The Morgan fingerprint density at radius 3 is 2.00 bits per heavy atom. The van der Waals surface area contributed by atoms with E-state index in [9.17, 15) is 33.6 Å². The maximum atomic E-state index is 13.4. The van der Waals surface area contributed by atoms with Gasteiger partial charge in [-0.2, -0.15) is 0 Å². The Labute approximate surface area is 335 Å². The van der Waals surface area contributed by atoms with Gasteiger partial charge in [-0.3, -0.25) is 29.4 Å². The molecule has 0 aliphatic carbocycles. The van der Waals surface area contributed by atoms with Gasteiger partial charge in [-0.05, 0) is 62.1 Å². The van der Waals surface area contributed by atoms with E-state index >= 15 is 0 Å². The van der Waals surface area contributed by atoms with Crippen molar-refractivity contribution in [2.24, 2.45) is 23.4 Å². The first-order chi connectivity index (χ1) is 27.0. The molecule has 0 heterocycles. The number of anilines is 1. The van der Waals surface area contributed by atoms with E-state index < -0.39 is 36.0 Å². The van der Waals surface area contributed by atoms with E-state index in [-0.39, 0.29) is 95.1 Å². The molecule has 1 aromatic carbocycles. The molecule has 0 radical (unpaired) electrons. The first-order valence-electron chi connectivity index (χ1n) is 19.4.